The van der Waals surface area contributed by atoms with Crippen LogP contribution >= 0.6 is 11.6 Å². The molecular weight excluding hydrogens is 358 g/mol. The minimum Gasteiger partial charge on any atom is -0.493 e. The Kier molecular flexibility index (Phi) is 5.73. The molecule has 0 spiro atoms. The molecule has 0 aliphatic carbocycles. The molecule has 0 aromatic heterocycles. The van der Waals surface area contributed by atoms with Crippen molar-refractivity contribution in [3.63, 3.8) is 0 Å². The fourth-order valence-corrected chi connectivity index (χ4v) is 3.00. The molecule has 3 rings (SSSR count). The molecule has 2 aromatic rings. The highest BCUT2D eigenvalue weighted by atomic mass is 35.5. The zero-order valence-corrected chi connectivity index (χ0v) is 15.4. The second-order valence-corrected chi connectivity index (χ2v) is 6.08. The molecule has 0 saturated heterocycles. The number of amides is 1. The first-order valence-corrected chi connectivity index (χ1v) is 8.58. The molecule has 1 aliphatic heterocycles. The Morgan fingerprint density at radius 3 is 2.65 bits per heavy atom. The Hall–Kier alpha value is -2.60. The highest BCUT2D eigenvalue weighted by Gasteiger charge is 2.17. The molecule has 0 saturated carbocycles. The van der Waals surface area contributed by atoms with Crippen LogP contribution in [-0.2, 0) is 6.42 Å². The number of methoxy groups -OCH3 is 2. The highest BCUT2D eigenvalue weighted by molar-refractivity contribution is 6.32. The maximum Gasteiger partial charge on any atom is 0.251 e. The van der Waals surface area contributed by atoms with Crippen molar-refractivity contribution in [1.82, 2.24) is 5.32 Å². The molecule has 0 radical (unpaired) electrons. The van der Waals surface area contributed by atoms with E-state index in [-0.39, 0.29) is 5.91 Å². The van der Waals surface area contributed by atoms with Crippen molar-refractivity contribution in [2.75, 3.05) is 34.0 Å². The number of hydrogen-bond acceptors (Lipinski definition) is 5. The summed E-state index contributed by atoms with van der Waals surface area (Å²) in [7, 11) is 3.08. The molecule has 0 bridgehead atoms. The van der Waals surface area contributed by atoms with Gasteiger partial charge >= 0.3 is 0 Å². The Morgan fingerprint density at radius 2 is 1.88 bits per heavy atom. The van der Waals surface area contributed by atoms with E-state index in [9.17, 15) is 4.79 Å². The number of benzene rings is 2. The van der Waals surface area contributed by atoms with Gasteiger partial charge in [0.25, 0.3) is 5.91 Å². The first kappa shape index (κ1) is 18.2. The van der Waals surface area contributed by atoms with Gasteiger partial charge in [-0.1, -0.05) is 11.6 Å². The average molecular weight is 378 g/mol. The predicted molar refractivity (Wildman–Crippen MR) is 98.0 cm³/mol. The third-order valence-electron chi connectivity index (χ3n) is 4.00. The van der Waals surface area contributed by atoms with Gasteiger partial charge in [0.2, 0.25) is 0 Å². The molecule has 7 heteroatoms. The van der Waals surface area contributed by atoms with Crippen LogP contribution in [0.25, 0.3) is 0 Å². The highest BCUT2D eigenvalue weighted by Crippen LogP contribution is 2.38. The number of rotatable bonds is 6. The van der Waals surface area contributed by atoms with E-state index < -0.39 is 0 Å². The fraction of sp³-hybridized carbons (Fsp3) is 0.316. The lowest BCUT2D eigenvalue weighted by Gasteiger charge is -2.20. The molecule has 1 heterocycles. The van der Waals surface area contributed by atoms with Gasteiger partial charge in [0, 0.05) is 12.1 Å². The zero-order chi connectivity index (χ0) is 18.5. The summed E-state index contributed by atoms with van der Waals surface area (Å²) in [4.78, 5) is 12.3. The lowest BCUT2D eigenvalue weighted by atomic mass is 10.1. The molecule has 0 atom stereocenters. The van der Waals surface area contributed by atoms with Gasteiger partial charge in [-0.2, -0.15) is 0 Å². The van der Waals surface area contributed by atoms with E-state index >= 15 is 0 Å². The van der Waals surface area contributed by atoms with Crippen molar-refractivity contribution < 1.29 is 23.7 Å². The third-order valence-corrected chi connectivity index (χ3v) is 4.28. The summed E-state index contributed by atoms with van der Waals surface area (Å²) < 4.78 is 21.5. The van der Waals surface area contributed by atoms with Gasteiger partial charge in [-0.3, -0.25) is 4.79 Å². The van der Waals surface area contributed by atoms with Crippen LogP contribution in [0.15, 0.2) is 30.3 Å². The summed E-state index contributed by atoms with van der Waals surface area (Å²) in [6, 6.07) is 8.77. The van der Waals surface area contributed by atoms with Crippen molar-refractivity contribution in [3.8, 4) is 23.0 Å². The van der Waals surface area contributed by atoms with Crippen LogP contribution in [0.3, 0.4) is 0 Å². The Bertz CT molecular complexity index is 809. The van der Waals surface area contributed by atoms with E-state index in [0.29, 0.717) is 59.8 Å². The monoisotopic (exact) mass is 377 g/mol. The van der Waals surface area contributed by atoms with Crippen molar-refractivity contribution >= 4 is 17.5 Å². The van der Waals surface area contributed by atoms with E-state index in [0.717, 1.165) is 5.56 Å². The van der Waals surface area contributed by atoms with E-state index in [1.54, 1.807) is 25.3 Å². The van der Waals surface area contributed by atoms with Crippen LogP contribution in [0, 0.1) is 0 Å². The molecule has 1 aliphatic rings. The Balaban J connectivity index is 1.61. The summed E-state index contributed by atoms with van der Waals surface area (Å²) in [5.41, 5.74) is 1.47. The third kappa shape index (κ3) is 3.96. The normalized spacial score (nSPS) is 12.4. The average Bonchev–Trinajstić information content (AvgIpc) is 2.67. The summed E-state index contributed by atoms with van der Waals surface area (Å²) in [6.45, 7) is 1.46. The Morgan fingerprint density at radius 1 is 1.12 bits per heavy atom. The maximum atomic E-state index is 12.3. The van der Waals surface area contributed by atoms with Crippen LogP contribution in [-0.4, -0.2) is 39.9 Å². The van der Waals surface area contributed by atoms with E-state index in [1.807, 2.05) is 12.1 Å². The summed E-state index contributed by atoms with van der Waals surface area (Å²) >= 11 is 6.23. The minimum absolute atomic E-state index is 0.186. The number of carbonyl (C=O) groups excluding carboxylic acids is 1. The SMILES string of the molecule is COc1ccc(C(=O)NCCc2cc(Cl)c3c(c2)OCCO3)cc1OC. The first-order chi connectivity index (χ1) is 12.6. The largest absolute Gasteiger partial charge is 0.493 e. The summed E-state index contributed by atoms with van der Waals surface area (Å²) in [5.74, 6) is 2.13. The predicted octanol–water partition coefficient (Wildman–Crippen LogP) is 3.10. The van der Waals surface area contributed by atoms with E-state index in [2.05, 4.69) is 5.32 Å². The summed E-state index contributed by atoms with van der Waals surface area (Å²) in [5, 5.41) is 3.40. The molecule has 1 amide bonds. The number of halogens is 1. The molecule has 0 unspecified atom stereocenters. The number of hydrogen-bond donors (Lipinski definition) is 1. The van der Waals surface area contributed by atoms with Gasteiger partial charge < -0.3 is 24.3 Å². The van der Waals surface area contributed by atoms with Crippen molar-refractivity contribution in [3.05, 3.63) is 46.5 Å². The number of nitrogens with one attached hydrogen (secondary N) is 1. The van der Waals surface area contributed by atoms with Gasteiger partial charge in [0.05, 0.1) is 19.2 Å². The first-order valence-electron chi connectivity index (χ1n) is 8.20. The molecule has 138 valence electrons. The van der Waals surface area contributed by atoms with Gasteiger partial charge in [0.1, 0.15) is 13.2 Å². The van der Waals surface area contributed by atoms with Crippen LogP contribution in [0.4, 0.5) is 0 Å². The van der Waals surface area contributed by atoms with Gasteiger partial charge in [-0.15, -0.1) is 0 Å². The van der Waals surface area contributed by atoms with Crippen molar-refractivity contribution in [2.45, 2.75) is 6.42 Å². The van der Waals surface area contributed by atoms with Crippen LogP contribution in [0.5, 0.6) is 23.0 Å². The number of ether oxygens (including phenoxy) is 4. The van der Waals surface area contributed by atoms with E-state index in [4.69, 9.17) is 30.5 Å². The van der Waals surface area contributed by atoms with E-state index in [1.165, 1.54) is 7.11 Å². The van der Waals surface area contributed by atoms with Crippen molar-refractivity contribution in [1.29, 1.82) is 0 Å². The zero-order valence-electron chi connectivity index (χ0n) is 14.6. The van der Waals surface area contributed by atoms with Crippen LogP contribution in [0.2, 0.25) is 5.02 Å². The number of fused-ring (bicyclic) bond motifs is 1. The summed E-state index contributed by atoms with van der Waals surface area (Å²) in [6.07, 6.45) is 0.620. The van der Waals surface area contributed by atoms with Crippen LogP contribution in [0.1, 0.15) is 15.9 Å². The van der Waals surface area contributed by atoms with Crippen molar-refractivity contribution in [2.24, 2.45) is 0 Å². The molecule has 2 aromatic carbocycles. The van der Waals surface area contributed by atoms with Crippen LogP contribution < -0.4 is 24.3 Å². The Labute approximate surface area is 157 Å². The molecular formula is C19H20ClNO5. The quantitative estimate of drug-likeness (QED) is 0.838. The number of carbonyl (C=O) groups is 1. The van der Waals surface area contributed by atoms with Gasteiger partial charge in [-0.25, -0.2) is 0 Å². The van der Waals surface area contributed by atoms with Gasteiger partial charge in [0.15, 0.2) is 23.0 Å². The fourth-order valence-electron chi connectivity index (χ4n) is 2.71. The standard InChI is InChI=1S/C19H20ClNO5/c1-23-15-4-3-13(11-16(15)24-2)19(22)21-6-5-12-9-14(20)18-17(10-12)25-7-8-26-18/h3-4,9-11H,5-8H2,1-2H3,(H,21,22). The lowest BCUT2D eigenvalue weighted by molar-refractivity contribution is 0.0953. The minimum atomic E-state index is -0.186. The molecule has 1 N–H and O–H groups in total. The molecule has 6 nitrogen and oxygen atoms in total. The second kappa shape index (κ2) is 8.19. The topological polar surface area (TPSA) is 66.0 Å². The molecule has 0 fully saturated rings. The lowest BCUT2D eigenvalue weighted by Crippen LogP contribution is -2.25. The second-order valence-electron chi connectivity index (χ2n) is 5.68. The maximum absolute atomic E-state index is 12.3. The van der Waals surface area contributed by atoms with Gasteiger partial charge in [-0.05, 0) is 42.3 Å². The smallest absolute Gasteiger partial charge is 0.251 e. The molecule has 26 heavy (non-hydrogen) atoms.